The van der Waals surface area contributed by atoms with E-state index in [2.05, 4.69) is 5.32 Å². The van der Waals surface area contributed by atoms with Crippen LogP contribution < -0.4 is 5.32 Å². The van der Waals surface area contributed by atoms with E-state index in [4.69, 9.17) is 9.66 Å². The lowest BCUT2D eigenvalue weighted by Gasteiger charge is -2.07. The Hall–Kier alpha value is -1.41. The topological polar surface area (TPSA) is 121 Å². The average molecular weight is 319 g/mol. The second-order valence-electron chi connectivity index (χ2n) is 5.94. The van der Waals surface area contributed by atoms with E-state index in [0.29, 0.717) is 12.8 Å². The maximum absolute atomic E-state index is 11.8. The summed E-state index contributed by atoms with van der Waals surface area (Å²) in [6.45, 7) is 3.88. The lowest BCUT2D eigenvalue weighted by Crippen LogP contribution is -2.29. The van der Waals surface area contributed by atoms with Crippen LogP contribution in [0.15, 0.2) is 11.8 Å². The molecule has 0 saturated heterocycles. The molecule has 1 aliphatic carbocycles. The lowest BCUT2D eigenvalue weighted by molar-refractivity contribution is -0.135. The molecule has 1 amide bonds. The van der Waals surface area contributed by atoms with Gasteiger partial charge in [-0.25, -0.2) is 4.79 Å². The minimum atomic E-state index is -3.98. The molecule has 0 radical (unpaired) electrons. The fourth-order valence-electron chi connectivity index (χ4n) is 2.00. The van der Waals surface area contributed by atoms with E-state index in [1.165, 1.54) is 6.08 Å². The number of aliphatic carboxylic acids is 1. The summed E-state index contributed by atoms with van der Waals surface area (Å²) >= 11 is 0. The fraction of sp³-hybridized carbons (Fsp3) is 0.692. The summed E-state index contributed by atoms with van der Waals surface area (Å²) < 4.78 is 29.6. The Bertz CT molecular complexity index is 549. The first-order valence-corrected chi connectivity index (χ1v) is 8.33. The number of hydrogen-bond donors (Lipinski definition) is 3. The number of carboxylic acids is 1. The van der Waals surface area contributed by atoms with Crippen LogP contribution in [-0.2, 0) is 19.7 Å². The number of unbranched alkanes of at least 4 members (excludes halogenated alkanes) is 2. The molecule has 3 N–H and O–H groups in total. The predicted octanol–water partition coefficient (Wildman–Crippen LogP) is 1.18. The van der Waals surface area contributed by atoms with Crippen molar-refractivity contribution in [2.45, 2.75) is 39.5 Å². The number of carbonyl (C=O) groups is 2. The highest BCUT2D eigenvalue weighted by molar-refractivity contribution is 7.85. The first-order chi connectivity index (χ1) is 9.53. The van der Waals surface area contributed by atoms with Crippen LogP contribution in [0.3, 0.4) is 0 Å². The van der Waals surface area contributed by atoms with Crippen LogP contribution in [0, 0.1) is 11.3 Å². The lowest BCUT2D eigenvalue weighted by atomic mass is 10.1. The van der Waals surface area contributed by atoms with Crippen LogP contribution in [0.2, 0.25) is 0 Å². The van der Waals surface area contributed by atoms with Gasteiger partial charge in [0.05, 0.1) is 5.75 Å². The van der Waals surface area contributed by atoms with Crippen LogP contribution in [0.4, 0.5) is 0 Å². The van der Waals surface area contributed by atoms with Gasteiger partial charge in [0, 0.05) is 5.92 Å². The summed E-state index contributed by atoms with van der Waals surface area (Å²) in [5.74, 6) is -2.05. The van der Waals surface area contributed by atoms with Gasteiger partial charge in [-0.3, -0.25) is 9.35 Å². The molecular formula is C13H21NO6S. The third-order valence-electron chi connectivity index (χ3n) is 3.52. The van der Waals surface area contributed by atoms with Gasteiger partial charge in [0.2, 0.25) is 5.91 Å². The van der Waals surface area contributed by atoms with E-state index in [-0.39, 0.29) is 35.1 Å². The zero-order valence-corrected chi connectivity index (χ0v) is 12.9. The van der Waals surface area contributed by atoms with Crippen LogP contribution in [0.25, 0.3) is 0 Å². The standard InChI is InChI=1S/C13H21NO6S/c1-13(2)8-9(13)11(15)14-10(12(16)17)6-4-3-5-7-21(18,19)20/h6,9H,3-5,7-8H2,1-2H3,(H,14,15)(H,16,17)(H,18,19,20)/b10-6-. The highest BCUT2D eigenvalue weighted by Crippen LogP contribution is 2.51. The minimum absolute atomic E-state index is 0.0802. The Morgan fingerprint density at radius 2 is 1.90 bits per heavy atom. The van der Waals surface area contributed by atoms with Crippen molar-refractivity contribution < 1.29 is 27.7 Å². The molecule has 21 heavy (non-hydrogen) atoms. The molecule has 1 atom stereocenters. The minimum Gasteiger partial charge on any atom is -0.477 e. The first-order valence-electron chi connectivity index (χ1n) is 6.72. The molecule has 1 unspecified atom stereocenters. The number of rotatable bonds is 8. The van der Waals surface area contributed by atoms with Crippen molar-refractivity contribution in [2.75, 3.05) is 5.75 Å². The van der Waals surface area contributed by atoms with E-state index >= 15 is 0 Å². The van der Waals surface area contributed by atoms with Crippen LogP contribution in [-0.4, -0.2) is 35.7 Å². The Morgan fingerprint density at radius 3 is 2.33 bits per heavy atom. The Morgan fingerprint density at radius 1 is 1.33 bits per heavy atom. The van der Waals surface area contributed by atoms with E-state index in [1.807, 2.05) is 13.8 Å². The van der Waals surface area contributed by atoms with Crippen molar-refractivity contribution in [3.63, 3.8) is 0 Å². The highest BCUT2D eigenvalue weighted by Gasteiger charge is 2.50. The molecule has 0 aromatic rings. The smallest absolute Gasteiger partial charge is 0.352 e. The summed E-state index contributed by atoms with van der Waals surface area (Å²) in [6, 6.07) is 0. The van der Waals surface area contributed by atoms with E-state index in [9.17, 15) is 18.0 Å². The zero-order chi connectivity index (χ0) is 16.3. The molecule has 0 aromatic heterocycles. The van der Waals surface area contributed by atoms with Crippen molar-refractivity contribution in [2.24, 2.45) is 11.3 Å². The maximum atomic E-state index is 11.8. The van der Waals surface area contributed by atoms with Crippen LogP contribution in [0.5, 0.6) is 0 Å². The first kappa shape index (κ1) is 17.6. The summed E-state index contributed by atoms with van der Waals surface area (Å²) in [4.78, 5) is 22.9. The van der Waals surface area contributed by atoms with Gasteiger partial charge < -0.3 is 10.4 Å². The third-order valence-corrected chi connectivity index (χ3v) is 4.33. The van der Waals surface area contributed by atoms with Crippen molar-refractivity contribution in [3.8, 4) is 0 Å². The van der Waals surface area contributed by atoms with Crippen molar-refractivity contribution in [3.05, 3.63) is 11.8 Å². The molecule has 0 spiro atoms. The molecule has 8 heteroatoms. The molecule has 120 valence electrons. The Kier molecular flexibility index (Phi) is 5.52. The summed E-state index contributed by atoms with van der Waals surface area (Å²) in [6.07, 6.45) is 3.04. The van der Waals surface area contributed by atoms with Crippen LogP contribution in [0.1, 0.15) is 39.5 Å². The predicted molar refractivity (Wildman–Crippen MR) is 76.0 cm³/mol. The molecule has 7 nitrogen and oxygen atoms in total. The number of nitrogens with one attached hydrogen (secondary N) is 1. The average Bonchev–Trinajstić information content (AvgIpc) is 2.94. The number of hydrogen-bond acceptors (Lipinski definition) is 4. The van der Waals surface area contributed by atoms with E-state index in [0.717, 1.165) is 6.42 Å². The summed E-state index contributed by atoms with van der Waals surface area (Å²) in [7, 11) is -3.98. The van der Waals surface area contributed by atoms with Gasteiger partial charge in [0.15, 0.2) is 0 Å². The SMILES string of the molecule is CC1(C)CC1C(=O)N/C(=C\CCCCS(=O)(=O)O)C(=O)O. The summed E-state index contributed by atoms with van der Waals surface area (Å²) in [5.41, 5.74) is -0.266. The molecule has 1 saturated carbocycles. The molecule has 1 aliphatic rings. The highest BCUT2D eigenvalue weighted by atomic mass is 32.2. The number of carboxylic acid groups (broad SMARTS) is 1. The molecule has 1 rings (SSSR count). The molecule has 0 bridgehead atoms. The monoisotopic (exact) mass is 319 g/mol. The molecular weight excluding hydrogens is 298 g/mol. The zero-order valence-electron chi connectivity index (χ0n) is 12.1. The largest absolute Gasteiger partial charge is 0.477 e. The molecule has 1 fully saturated rings. The van der Waals surface area contributed by atoms with Gasteiger partial charge in [0.25, 0.3) is 10.1 Å². The fourth-order valence-corrected chi connectivity index (χ4v) is 2.57. The molecule has 0 aromatic carbocycles. The normalized spacial score (nSPS) is 20.9. The van der Waals surface area contributed by atoms with Gasteiger partial charge >= 0.3 is 5.97 Å². The number of amides is 1. The number of allylic oxidation sites excluding steroid dienone is 1. The van der Waals surface area contributed by atoms with Gasteiger partial charge in [0.1, 0.15) is 5.70 Å². The van der Waals surface area contributed by atoms with E-state index in [1.54, 1.807) is 0 Å². The van der Waals surface area contributed by atoms with E-state index < -0.39 is 16.1 Å². The van der Waals surface area contributed by atoms with Gasteiger partial charge in [-0.2, -0.15) is 8.42 Å². The third kappa shape index (κ3) is 6.26. The van der Waals surface area contributed by atoms with Crippen molar-refractivity contribution >= 4 is 22.0 Å². The summed E-state index contributed by atoms with van der Waals surface area (Å²) in [5, 5.41) is 11.4. The Balaban J connectivity index is 2.44. The quantitative estimate of drug-likeness (QED) is 0.351. The maximum Gasteiger partial charge on any atom is 0.352 e. The van der Waals surface area contributed by atoms with Crippen molar-refractivity contribution in [1.82, 2.24) is 5.32 Å². The van der Waals surface area contributed by atoms with Gasteiger partial charge in [-0.1, -0.05) is 19.9 Å². The molecule has 0 heterocycles. The number of carbonyl (C=O) groups excluding carboxylic acids is 1. The van der Waals surface area contributed by atoms with Crippen molar-refractivity contribution in [1.29, 1.82) is 0 Å². The van der Waals surface area contributed by atoms with Gasteiger partial charge in [-0.15, -0.1) is 0 Å². The molecule has 0 aliphatic heterocycles. The second-order valence-corrected chi connectivity index (χ2v) is 7.51. The second kappa shape index (κ2) is 6.57. The van der Waals surface area contributed by atoms with Crippen LogP contribution >= 0.6 is 0 Å². The Labute approximate surface area is 124 Å². The van der Waals surface area contributed by atoms with Gasteiger partial charge in [-0.05, 0) is 31.1 Å².